The lowest BCUT2D eigenvalue weighted by Crippen LogP contribution is -2.43. The summed E-state index contributed by atoms with van der Waals surface area (Å²) in [6.45, 7) is 12.7. The van der Waals surface area contributed by atoms with Gasteiger partial charge in [0, 0.05) is 75.9 Å². The zero-order valence-corrected chi connectivity index (χ0v) is 19.9. The zero-order valence-electron chi connectivity index (χ0n) is 19.1. The van der Waals surface area contributed by atoms with Crippen molar-refractivity contribution in [3.63, 3.8) is 0 Å². The van der Waals surface area contributed by atoms with Crippen molar-refractivity contribution < 1.29 is 9.47 Å². The Balaban J connectivity index is 0.000000176. The molecule has 2 heterocycles. The van der Waals surface area contributed by atoms with Crippen molar-refractivity contribution in [1.29, 1.82) is 0 Å². The van der Waals surface area contributed by atoms with E-state index in [2.05, 4.69) is 46.4 Å². The lowest BCUT2D eigenvalue weighted by atomic mass is 10.1. The van der Waals surface area contributed by atoms with E-state index >= 15 is 0 Å². The van der Waals surface area contributed by atoms with E-state index in [1.54, 1.807) is 14.2 Å². The van der Waals surface area contributed by atoms with Crippen LogP contribution in [0.3, 0.4) is 0 Å². The van der Waals surface area contributed by atoms with Crippen molar-refractivity contribution in [3.8, 4) is 11.5 Å². The number of halogens is 1. The normalized spacial score (nSPS) is 16.4. The van der Waals surface area contributed by atoms with Gasteiger partial charge in [0.1, 0.15) is 11.5 Å². The number of benzene rings is 2. The van der Waals surface area contributed by atoms with Gasteiger partial charge in [0.15, 0.2) is 0 Å². The highest BCUT2D eigenvalue weighted by Crippen LogP contribution is 2.32. The van der Waals surface area contributed by atoms with E-state index in [1.165, 1.54) is 22.5 Å². The molecule has 0 aromatic heterocycles. The molecular formula is C24H35ClN4O2. The molecule has 2 aromatic carbocycles. The Hall–Kier alpha value is -2.15. The molecular weight excluding hydrogens is 412 g/mol. The summed E-state index contributed by atoms with van der Waals surface area (Å²) < 4.78 is 10.5. The Morgan fingerprint density at radius 3 is 1.81 bits per heavy atom. The summed E-state index contributed by atoms with van der Waals surface area (Å²) in [5, 5.41) is 7.38. The Bertz CT molecular complexity index is 850. The fraction of sp³-hybridized carbons (Fsp3) is 0.500. The van der Waals surface area contributed by atoms with E-state index in [1.807, 2.05) is 18.2 Å². The second kappa shape index (κ2) is 11.5. The number of piperazine rings is 2. The van der Waals surface area contributed by atoms with E-state index in [-0.39, 0.29) is 0 Å². The smallest absolute Gasteiger partial charge is 0.139 e. The number of ether oxygens (including phenoxy) is 2. The maximum absolute atomic E-state index is 6.08. The molecule has 2 aromatic rings. The number of anilines is 2. The third-order valence-corrected chi connectivity index (χ3v) is 6.10. The molecule has 2 saturated heterocycles. The summed E-state index contributed by atoms with van der Waals surface area (Å²) in [6.07, 6.45) is 0. The van der Waals surface area contributed by atoms with Crippen LogP contribution < -0.4 is 29.9 Å². The second-order valence-electron chi connectivity index (χ2n) is 7.90. The molecule has 170 valence electrons. The van der Waals surface area contributed by atoms with Gasteiger partial charge in [-0.1, -0.05) is 17.7 Å². The van der Waals surface area contributed by atoms with Gasteiger partial charge in [-0.2, -0.15) is 0 Å². The van der Waals surface area contributed by atoms with Gasteiger partial charge in [0.2, 0.25) is 0 Å². The molecule has 0 spiro atoms. The van der Waals surface area contributed by atoms with Crippen molar-refractivity contribution in [2.75, 3.05) is 76.4 Å². The molecule has 2 N–H and O–H groups in total. The molecule has 0 saturated carbocycles. The average Bonchev–Trinajstić information content (AvgIpc) is 2.81. The molecule has 0 unspecified atom stereocenters. The molecule has 6 nitrogen and oxygen atoms in total. The summed E-state index contributed by atoms with van der Waals surface area (Å²) in [7, 11) is 3.37. The van der Waals surface area contributed by atoms with Crippen LogP contribution in [0.1, 0.15) is 11.1 Å². The number of methoxy groups -OCH3 is 2. The van der Waals surface area contributed by atoms with Crippen molar-refractivity contribution >= 4 is 23.0 Å². The fourth-order valence-corrected chi connectivity index (χ4v) is 4.30. The Morgan fingerprint density at radius 2 is 1.29 bits per heavy atom. The number of hydrogen-bond acceptors (Lipinski definition) is 6. The number of nitrogens with one attached hydrogen (secondary N) is 2. The highest BCUT2D eigenvalue weighted by molar-refractivity contribution is 6.32. The average molecular weight is 447 g/mol. The van der Waals surface area contributed by atoms with Gasteiger partial charge in [-0.05, 0) is 37.1 Å². The van der Waals surface area contributed by atoms with Crippen molar-refractivity contribution in [2.24, 2.45) is 0 Å². The van der Waals surface area contributed by atoms with Gasteiger partial charge in [-0.3, -0.25) is 0 Å². The molecule has 2 aliphatic rings. The van der Waals surface area contributed by atoms with Crippen LogP contribution in [0.4, 0.5) is 11.4 Å². The summed E-state index contributed by atoms with van der Waals surface area (Å²) in [5.41, 5.74) is 5.05. The number of rotatable bonds is 4. The van der Waals surface area contributed by atoms with Crippen LogP contribution in [0.25, 0.3) is 0 Å². The molecule has 7 heteroatoms. The summed E-state index contributed by atoms with van der Waals surface area (Å²) in [6, 6.07) is 10.3. The first-order valence-corrected chi connectivity index (χ1v) is 11.3. The second-order valence-corrected chi connectivity index (χ2v) is 8.31. The van der Waals surface area contributed by atoms with Crippen LogP contribution in [-0.2, 0) is 0 Å². The molecule has 0 radical (unpaired) electrons. The molecule has 4 rings (SSSR count). The highest BCUT2D eigenvalue weighted by Gasteiger charge is 2.15. The Morgan fingerprint density at radius 1 is 0.742 bits per heavy atom. The number of aryl methyl sites for hydroxylation is 2. The fourth-order valence-electron chi connectivity index (χ4n) is 4.01. The third-order valence-electron chi connectivity index (χ3n) is 5.80. The van der Waals surface area contributed by atoms with E-state index in [9.17, 15) is 0 Å². The SMILES string of the molecule is COc1cc(N2CCNCC2)c(C)cc1Cl.COc1ccc(C)c(N2CCNCC2)c1. The van der Waals surface area contributed by atoms with E-state index in [0.717, 1.165) is 63.9 Å². The maximum Gasteiger partial charge on any atom is 0.139 e. The molecule has 2 fully saturated rings. The monoisotopic (exact) mass is 446 g/mol. The quantitative estimate of drug-likeness (QED) is 0.749. The first kappa shape index (κ1) is 23.5. The number of nitrogens with zero attached hydrogens (tertiary/aromatic N) is 2. The van der Waals surface area contributed by atoms with Crippen LogP contribution in [-0.4, -0.2) is 66.6 Å². The topological polar surface area (TPSA) is 49.0 Å². The predicted molar refractivity (Wildman–Crippen MR) is 131 cm³/mol. The van der Waals surface area contributed by atoms with Crippen molar-refractivity contribution in [2.45, 2.75) is 13.8 Å². The van der Waals surface area contributed by atoms with Gasteiger partial charge in [-0.25, -0.2) is 0 Å². The molecule has 0 aliphatic carbocycles. The lowest BCUT2D eigenvalue weighted by Gasteiger charge is -2.31. The van der Waals surface area contributed by atoms with E-state index in [4.69, 9.17) is 21.1 Å². The van der Waals surface area contributed by atoms with Crippen LogP contribution in [0, 0.1) is 13.8 Å². The number of hydrogen-bond donors (Lipinski definition) is 2. The Kier molecular flexibility index (Phi) is 8.69. The standard InChI is InChI=1S/C12H17ClN2O.C12H18N2O/c1-9-7-10(13)12(16-2)8-11(9)15-5-3-14-4-6-15;1-10-3-4-11(15-2)9-12(10)14-7-5-13-6-8-14/h7-8,14H,3-6H2,1-2H3;3-4,9,13H,5-8H2,1-2H3. The van der Waals surface area contributed by atoms with Gasteiger partial charge in [0.25, 0.3) is 0 Å². The molecule has 31 heavy (non-hydrogen) atoms. The van der Waals surface area contributed by atoms with Crippen molar-refractivity contribution in [1.82, 2.24) is 10.6 Å². The minimum atomic E-state index is 0.680. The largest absolute Gasteiger partial charge is 0.497 e. The minimum absolute atomic E-state index is 0.680. The van der Waals surface area contributed by atoms with Crippen molar-refractivity contribution in [3.05, 3.63) is 46.5 Å². The van der Waals surface area contributed by atoms with Gasteiger partial charge < -0.3 is 29.9 Å². The van der Waals surface area contributed by atoms with Crippen LogP contribution in [0.2, 0.25) is 5.02 Å². The first-order chi connectivity index (χ1) is 15.0. The van der Waals surface area contributed by atoms with Crippen LogP contribution in [0.5, 0.6) is 11.5 Å². The molecule has 0 amide bonds. The summed E-state index contributed by atoms with van der Waals surface area (Å²) in [5.74, 6) is 1.69. The van der Waals surface area contributed by atoms with E-state index in [0.29, 0.717) is 5.02 Å². The molecule has 0 atom stereocenters. The van der Waals surface area contributed by atoms with E-state index < -0.39 is 0 Å². The zero-order chi connectivity index (χ0) is 22.2. The summed E-state index contributed by atoms with van der Waals surface area (Å²) in [4.78, 5) is 4.78. The third kappa shape index (κ3) is 6.19. The van der Waals surface area contributed by atoms with Gasteiger partial charge in [-0.15, -0.1) is 0 Å². The maximum atomic E-state index is 6.08. The van der Waals surface area contributed by atoms with Gasteiger partial charge >= 0.3 is 0 Å². The highest BCUT2D eigenvalue weighted by atomic mass is 35.5. The Labute approximate surface area is 191 Å². The lowest BCUT2D eigenvalue weighted by molar-refractivity contribution is 0.414. The predicted octanol–water partition coefficient (Wildman–Crippen LogP) is 3.48. The van der Waals surface area contributed by atoms with Gasteiger partial charge in [0.05, 0.1) is 19.2 Å². The van der Waals surface area contributed by atoms with Crippen LogP contribution >= 0.6 is 11.6 Å². The first-order valence-electron chi connectivity index (χ1n) is 10.9. The summed E-state index contributed by atoms with van der Waals surface area (Å²) >= 11 is 6.08. The molecule has 2 aliphatic heterocycles. The molecule has 0 bridgehead atoms. The van der Waals surface area contributed by atoms with Crippen LogP contribution in [0.15, 0.2) is 30.3 Å². The minimum Gasteiger partial charge on any atom is -0.497 e.